The Morgan fingerprint density at radius 2 is 1.78 bits per heavy atom. The summed E-state index contributed by atoms with van der Waals surface area (Å²) in [6.45, 7) is 7.52. The first-order valence-corrected chi connectivity index (χ1v) is 8.71. The number of halogens is 1. The van der Waals surface area contributed by atoms with Gasteiger partial charge in [0.05, 0.1) is 12.7 Å². The molecule has 0 saturated carbocycles. The molecule has 1 amide bonds. The molecule has 2 saturated heterocycles. The first-order chi connectivity index (χ1) is 11.2. The van der Waals surface area contributed by atoms with Gasteiger partial charge in [-0.2, -0.15) is 0 Å². The maximum Gasteiger partial charge on any atom is 0.239 e. The summed E-state index contributed by atoms with van der Waals surface area (Å²) in [5.74, 6) is 1.10. The van der Waals surface area contributed by atoms with Crippen LogP contribution in [-0.4, -0.2) is 92.1 Å². The predicted molar refractivity (Wildman–Crippen MR) is 90.4 cm³/mol. The van der Waals surface area contributed by atoms with Crippen molar-refractivity contribution in [3.63, 3.8) is 0 Å². The molecule has 0 bridgehead atoms. The van der Waals surface area contributed by atoms with Gasteiger partial charge < -0.3 is 15.1 Å². The fourth-order valence-electron chi connectivity index (χ4n) is 3.28. The van der Waals surface area contributed by atoms with Gasteiger partial charge in [-0.05, 0) is 26.2 Å². The molecule has 0 aromatic heterocycles. The highest BCUT2D eigenvalue weighted by Crippen LogP contribution is 2.14. The summed E-state index contributed by atoms with van der Waals surface area (Å²) in [4.78, 5) is 23.2. The van der Waals surface area contributed by atoms with E-state index in [1.54, 1.807) is 7.05 Å². The third-order valence-corrected chi connectivity index (χ3v) is 4.74. The smallest absolute Gasteiger partial charge is 0.239 e. The van der Waals surface area contributed by atoms with Crippen LogP contribution in [0.25, 0.3) is 0 Å². The number of aliphatic imine (C=N–C) groups is 1. The SMILES string of the molecule is CN=C(NCCCF)N1CCN(C(C)C(=O)N2CCCC2)CC1. The van der Waals surface area contributed by atoms with Gasteiger partial charge in [-0.3, -0.25) is 19.1 Å². The van der Waals surface area contributed by atoms with Crippen molar-refractivity contribution in [2.45, 2.75) is 32.2 Å². The monoisotopic (exact) mass is 327 g/mol. The topological polar surface area (TPSA) is 51.2 Å². The van der Waals surface area contributed by atoms with Crippen LogP contribution in [0.4, 0.5) is 4.39 Å². The average molecular weight is 327 g/mol. The van der Waals surface area contributed by atoms with E-state index in [1.807, 2.05) is 11.8 Å². The Morgan fingerprint density at radius 1 is 1.13 bits per heavy atom. The number of carbonyl (C=O) groups is 1. The molecule has 2 rings (SSSR count). The maximum absolute atomic E-state index is 12.5. The number of guanidine groups is 1. The first-order valence-electron chi connectivity index (χ1n) is 8.71. The molecular weight excluding hydrogens is 297 g/mol. The van der Waals surface area contributed by atoms with Crippen LogP contribution in [-0.2, 0) is 4.79 Å². The van der Waals surface area contributed by atoms with Gasteiger partial charge in [-0.15, -0.1) is 0 Å². The maximum atomic E-state index is 12.5. The van der Waals surface area contributed by atoms with Crippen molar-refractivity contribution in [3.05, 3.63) is 0 Å². The van der Waals surface area contributed by atoms with Crippen LogP contribution in [0.5, 0.6) is 0 Å². The fourth-order valence-corrected chi connectivity index (χ4v) is 3.28. The quantitative estimate of drug-likeness (QED) is 0.455. The number of hydrogen-bond acceptors (Lipinski definition) is 3. The van der Waals surface area contributed by atoms with E-state index in [2.05, 4.69) is 20.1 Å². The van der Waals surface area contributed by atoms with Crippen LogP contribution in [0.2, 0.25) is 0 Å². The number of rotatable bonds is 5. The van der Waals surface area contributed by atoms with E-state index in [0.29, 0.717) is 13.0 Å². The Kier molecular flexibility index (Phi) is 7.08. The molecule has 1 unspecified atom stereocenters. The van der Waals surface area contributed by atoms with Crippen molar-refractivity contribution < 1.29 is 9.18 Å². The molecule has 1 atom stereocenters. The van der Waals surface area contributed by atoms with Crippen LogP contribution >= 0.6 is 0 Å². The molecule has 132 valence electrons. The summed E-state index contributed by atoms with van der Waals surface area (Å²) >= 11 is 0. The predicted octanol–water partition coefficient (Wildman–Crippen LogP) is 0.550. The zero-order chi connectivity index (χ0) is 16.7. The molecule has 0 radical (unpaired) electrons. The van der Waals surface area contributed by atoms with Crippen LogP contribution in [0.1, 0.15) is 26.2 Å². The summed E-state index contributed by atoms with van der Waals surface area (Å²) in [5.41, 5.74) is 0. The van der Waals surface area contributed by atoms with Crippen molar-refractivity contribution in [1.82, 2.24) is 20.0 Å². The zero-order valence-electron chi connectivity index (χ0n) is 14.4. The minimum absolute atomic E-state index is 0.0447. The molecule has 0 aromatic rings. The Labute approximate surface area is 138 Å². The molecular formula is C16H30FN5O. The number of piperazine rings is 1. The van der Waals surface area contributed by atoms with Gasteiger partial charge in [0.2, 0.25) is 5.91 Å². The van der Waals surface area contributed by atoms with Gasteiger partial charge in [-0.25, -0.2) is 0 Å². The summed E-state index contributed by atoms with van der Waals surface area (Å²) in [6.07, 6.45) is 2.76. The van der Waals surface area contributed by atoms with E-state index < -0.39 is 0 Å². The van der Waals surface area contributed by atoms with Crippen LogP contribution in [0, 0.1) is 0 Å². The van der Waals surface area contributed by atoms with E-state index in [4.69, 9.17) is 0 Å². The average Bonchev–Trinajstić information content (AvgIpc) is 3.12. The second kappa shape index (κ2) is 9.05. The van der Waals surface area contributed by atoms with E-state index >= 15 is 0 Å². The molecule has 2 heterocycles. The lowest BCUT2D eigenvalue weighted by Crippen LogP contribution is -2.57. The normalized spacial score (nSPS) is 21.6. The zero-order valence-corrected chi connectivity index (χ0v) is 14.4. The summed E-state index contributed by atoms with van der Waals surface area (Å²) in [7, 11) is 1.75. The van der Waals surface area contributed by atoms with Gasteiger partial charge in [0.1, 0.15) is 0 Å². The lowest BCUT2D eigenvalue weighted by atomic mass is 10.2. The van der Waals surface area contributed by atoms with Crippen molar-refractivity contribution in [2.24, 2.45) is 4.99 Å². The van der Waals surface area contributed by atoms with Crippen molar-refractivity contribution >= 4 is 11.9 Å². The van der Waals surface area contributed by atoms with Crippen molar-refractivity contribution in [1.29, 1.82) is 0 Å². The molecule has 7 heteroatoms. The molecule has 2 fully saturated rings. The number of amides is 1. The number of likely N-dealkylation sites (tertiary alicyclic amines) is 1. The molecule has 1 N–H and O–H groups in total. The summed E-state index contributed by atoms with van der Waals surface area (Å²) in [6, 6.07) is -0.0447. The van der Waals surface area contributed by atoms with E-state index in [9.17, 15) is 9.18 Å². The van der Waals surface area contributed by atoms with E-state index in [1.165, 1.54) is 0 Å². The van der Waals surface area contributed by atoms with Gasteiger partial charge >= 0.3 is 0 Å². The molecule has 2 aliphatic heterocycles. The Hall–Kier alpha value is -1.37. The Bertz CT molecular complexity index is 403. The van der Waals surface area contributed by atoms with Gasteiger partial charge in [0.25, 0.3) is 0 Å². The molecule has 2 aliphatic rings. The van der Waals surface area contributed by atoms with Crippen LogP contribution < -0.4 is 5.32 Å². The third kappa shape index (κ3) is 4.80. The molecule has 6 nitrogen and oxygen atoms in total. The lowest BCUT2D eigenvalue weighted by molar-refractivity contribution is -0.135. The second-order valence-corrected chi connectivity index (χ2v) is 6.25. The summed E-state index contributed by atoms with van der Waals surface area (Å²) in [5, 5.41) is 3.19. The number of hydrogen-bond donors (Lipinski definition) is 1. The minimum Gasteiger partial charge on any atom is -0.356 e. The van der Waals surface area contributed by atoms with Gasteiger partial charge in [0.15, 0.2) is 5.96 Å². The highest BCUT2D eigenvalue weighted by atomic mass is 19.1. The molecule has 23 heavy (non-hydrogen) atoms. The highest BCUT2D eigenvalue weighted by Gasteiger charge is 2.30. The molecule has 0 aromatic carbocycles. The number of nitrogens with zero attached hydrogens (tertiary/aromatic N) is 4. The Morgan fingerprint density at radius 3 is 2.35 bits per heavy atom. The molecule has 0 aliphatic carbocycles. The molecule has 0 spiro atoms. The number of nitrogens with one attached hydrogen (secondary N) is 1. The van der Waals surface area contributed by atoms with Gasteiger partial charge in [0, 0.05) is 52.9 Å². The largest absolute Gasteiger partial charge is 0.356 e. The fraction of sp³-hybridized carbons (Fsp3) is 0.875. The van der Waals surface area contributed by atoms with E-state index in [0.717, 1.165) is 58.1 Å². The third-order valence-electron chi connectivity index (χ3n) is 4.74. The number of alkyl halides is 1. The van der Waals surface area contributed by atoms with Crippen LogP contribution in [0.15, 0.2) is 4.99 Å². The van der Waals surface area contributed by atoms with Crippen molar-refractivity contribution in [2.75, 3.05) is 59.5 Å². The lowest BCUT2D eigenvalue weighted by Gasteiger charge is -2.39. The van der Waals surface area contributed by atoms with Gasteiger partial charge in [-0.1, -0.05) is 0 Å². The van der Waals surface area contributed by atoms with Crippen molar-refractivity contribution in [3.8, 4) is 0 Å². The standard InChI is InChI=1S/C16H30FN5O/c1-14(15(23)21-8-3-4-9-21)20-10-12-22(13-11-20)16(18-2)19-7-5-6-17/h14H,3-13H2,1-2H3,(H,18,19). The van der Waals surface area contributed by atoms with E-state index in [-0.39, 0.29) is 18.6 Å². The second-order valence-electron chi connectivity index (χ2n) is 6.25. The Balaban J connectivity index is 1.79. The number of carbonyl (C=O) groups excluding carboxylic acids is 1. The minimum atomic E-state index is -0.312. The first kappa shape index (κ1) is 18.0. The van der Waals surface area contributed by atoms with Crippen LogP contribution in [0.3, 0.4) is 0 Å². The highest BCUT2D eigenvalue weighted by molar-refractivity contribution is 5.82. The summed E-state index contributed by atoms with van der Waals surface area (Å²) < 4.78 is 12.2.